The van der Waals surface area contributed by atoms with Gasteiger partial charge in [-0.15, -0.1) is 0 Å². The minimum Gasteiger partial charge on any atom is -0.298 e. The van der Waals surface area contributed by atoms with Gasteiger partial charge in [-0.1, -0.05) is 22.9 Å². The quantitative estimate of drug-likeness (QED) is 0.752. The smallest absolute Gasteiger partial charge is 0.298 e. The van der Waals surface area contributed by atoms with Gasteiger partial charge in [0, 0.05) is 17.3 Å². The molecule has 0 spiro atoms. The van der Waals surface area contributed by atoms with E-state index in [1.165, 1.54) is 0 Å². The van der Waals surface area contributed by atoms with E-state index >= 15 is 0 Å². The van der Waals surface area contributed by atoms with Crippen LogP contribution in [0, 0.1) is 6.92 Å². The fourth-order valence-corrected chi connectivity index (χ4v) is 2.06. The Morgan fingerprint density at radius 2 is 2.33 bits per heavy atom. The highest BCUT2D eigenvalue weighted by Gasteiger charge is 2.03. The Hall–Kier alpha value is -1.20. The van der Waals surface area contributed by atoms with E-state index in [9.17, 15) is 4.79 Å². The largest absolute Gasteiger partial charge is 0.307 e. The Bertz CT molecular complexity index is 514. The van der Waals surface area contributed by atoms with Crippen molar-refractivity contribution in [3.05, 3.63) is 44.0 Å². The van der Waals surface area contributed by atoms with Gasteiger partial charge in [0.2, 0.25) is 0 Å². The lowest BCUT2D eigenvalue weighted by Gasteiger charge is -2.02. The number of aromatic nitrogens is 3. The maximum atomic E-state index is 11.3. The van der Waals surface area contributed by atoms with Crippen LogP contribution in [0.4, 0.5) is 0 Å². The van der Waals surface area contributed by atoms with E-state index in [-0.39, 0.29) is 4.87 Å². The Kier molecular flexibility index (Phi) is 2.83. The van der Waals surface area contributed by atoms with E-state index in [0.717, 1.165) is 17.0 Å². The molecule has 0 aliphatic carbocycles. The molecule has 2 rings (SSSR count). The van der Waals surface area contributed by atoms with E-state index in [2.05, 4.69) is 9.97 Å². The third-order valence-corrected chi connectivity index (χ3v) is 2.71. The summed E-state index contributed by atoms with van der Waals surface area (Å²) in [5.41, 5.74) is 0.799. The second-order valence-corrected chi connectivity index (χ2v) is 4.29. The van der Waals surface area contributed by atoms with Gasteiger partial charge in [0.1, 0.15) is 11.0 Å². The molecule has 0 radical (unpaired) electrons. The first-order valence-corrected chi connectivity index (χ1v) is 5.55. The number of rotatable bonds is 2. The predicted molar refractivity (Wildman–Crippen MR) is 59.5 cm³/mol. The number of nitrogens with zero attached hydrogens (tertiary/aromatic N) is 3. The maximum absolute atomic E-state index is 11.3. The first-order valence-electron chi connectivity index (χ1n) is 4.29. The zero-order valence-corrected chi connectivity index (χ0v) is 9.55. The molecule has 0 aromatic carbocycles. The van der Waals surface area contributed by atoms with Gasteiger partial charge in [-0.3, -0.25) is 9.36 Å². The summed E-state index contributed by atoms with van der Waals surface area (Å²) >= 11 is 6.95. The lowest BCUT2D eigenvalue weighted by molar-refractivity contribution is 0.728. The Morgan fingerprint density at radius 3 is 2.93 bits per heavy atom. The van der Waals surface area contributed by atoms with Crippen LogP contribution in [-0.4, -0.2) is 14.5 Å². The molecule has 78 valence electrons. The summed E-state index contributed by atoms with van der Waals surface area (Å²) in [5, 5.41) is 2.14. The lowest BCUT2D eigenvalue weighted by atomic mass is 10.4. The van der Waals surface area contributed by atoms with E-state index in [0.29, 0.717) is 17.5 Å². The minimum absolute atomic E-state index is 0.0174. The van der Waals surface area contributed by atoms with Gasteiger partial charge >= 0.3 is 4.87 Å². The first kappa shape index (κ1) is 10.3. The summed E-state index contributed by atoms with van der Waals surface area (Å²) in [4.78, 5) is 19.5. The van der Waals surface area contributed by atoms with Crippen molar-refractivity contribution in [3.8, 4) is 0 Å². The number of hydrogen-bond donors (Lipinski definition) is 0. The third-order valence-electron chi connectivity index (χ3n) is 1.83. The van der Waals surface area contributed by atoms with Gasteiger partial charge in [0.25, 0.3) is 0 Å². The van der Waals surface area contributed by atoms with E-state index in [4.69, 9.17) is 11.6 Å². The molecule has 2 aromatic heterocycles. The van der Waals surface area contributed by atoms with E-state index < -0.39 is 0 Å². The van der Waals surface area contributed by atoms with Crippen molar-refractivity contribution in [1.82, 2.24) is 14.5 Å². The molecule has 0 aliphatic rings. The Morgan fingerprint density at radius 1 is 1.53 bits per heavy atom. The summed E-state index contributed by atoms with van der Waals surface area (Å²) in [6, 6.07) is 1.68. The molecule has 0 aliphatic heterocycles. The normalized spacial score (nSPS) is 10.5. The average molecular weight is 242 g/mol. The summed E-state index contributed by atoms with van der Waals surface area (Å²) in [6.07, 6.45) is 1.71. The van der Waals surface area contributed by atoms with E-state index in [1.807, 2.05) is 6.92 Å². The van der Waals surface area contributed by atoms with Crippen LogP contribution in [0.1, 0.15) is 11.5 Å². The van der Waals surface area contributed by atoms with Crippen molar-refractivity contribution < 1.29 is 0 Å². The molecule has 0 saturated heterocycles. The number of halogens is 1. The molecular weight excluding hydrogens is 234 g/mol. The summed E-state index contributed by atoms with van der Waals surface area (Å²) < 4.78 is 1.55. The minimum atomic E-state index is -0.0174. The van der Waals surface area contributed by atoms with Gasteiger partial charge < -0.3 is 0 Å². The van der Waals surface area contributed by atoms with Crippen LogP contribution in [0.2, 0.25) is 5.15 Å². The fourth-order valence-electron chi connectivity index (χ4n) is 1.22. The average Bonchev–Trinajstić information content (AvgIpc) is 2.50. The molecule has 4 nitrogen and oxygen atoms in total. The molecule has 2 aromatic rings. The SMILES string of the molecule is Cc1cc(Cl)nc(Cn2ccsc2=O)n1. The monoisotopic (exact) mass is 241 g/mol. The topological polar surface area (TPSA) is 47.8 Å². The molecule has 0 bridgehead atoms. The highest BCUT2D eigenvalue weighted by molar-refractivity contribution is 7.07. The van der Waals surface area contributed by atoms with Gasteiger partial charge in [-0.2, -0.15) is 0 Å². The van der Waals surface area contributed by atoms with Crippen LogP contribution in [-0.2, 0) is 6.54 Å². The van der Waals surface area contributed by atoms with Crippen molar-refractivity contribution in [2.75, 3.05) is 0 Å². The molecule has 0 saturated carbocycles. The van der Waals surface area contributed by atoms with Crippen molar-refractivity contribution in [2.24, 2.45) is 0 Å². The highest BCUT2D eigenvalue weighted by Crippen LogP contribution is 2.07. The molecule has 0 amide bonds. The second kappa shape index (κ2) is 4.12. The molecule has 0 N–H and O–H groups in total. The highest BCUT2D eigenvalue weighted by atomic mass is 35.5. The van der Waals surface area contributed by atoms with Crippen molar-refractivity contribution in [1.29, 1.82) is 0 Å². The van der Waals surface area contributed by atoms with E-state index in [1.54, 1.807) is 22.2 Å². The Balaban J connectivity index is 2.32. The molecular formula is C9H8ClN3OS. The van der Waals surface area contributed by atoms with Crippen LogP contribution in [0.25, 0.3) is 0 Å². The lowest BCUT2D eigenvalue weighted by Crippen LogP contribution is -2.14. The van der Waals surface area contributed by atoms with Crippen molar-refractivity contribution >= 4 is 22.9 Å². The number of aryl methyl sites for hydroxylation is 1. The fraction of sp³-hybridized carbons (Fsp3) is 0.222. The van der Waals surface area contributed by atoms with Crippen LogP contribution in [0.3, 0.4) is 0 Å². The molecule has 0 unspecified atom stereocenters. The van der Waals surface area contributed by atoms with Gasteiger partial charge in [0.15, 0.2) is 0 Å². The maximum Gasteiger partial charge on any atom is 0.307 e. The summed E-state index contributed by atoms with van der Waals surface area (Å²) in [7, 11) is 0. The van der Waals surface area contributed by atoms with Crippen LogP contribution < -0.4 is 4.87 Å². The first-order chi connectivity index (χ1) is 7.15. The van der Waals surface area contributed by atoms with Crippen LogP contribution in [0.5, 0.6) is 0 Å². The molecule has 2 heterocycles. The van der Waals surface area contributed by atoms with Gasteiger partial charge in [-0.05, 0) is 13.0 Å². The van der Waals surface area contributed by atoms with Crippen molar-refractivity contribution in [3.63, 3.8) is 0 Å². The standard InChI is InChI=1S/C9H8ClN3OS/c1-6-4-7(10)12-8(11-6)5-13-2-3-15-9(13)14/h2-4H,5H2,1H3. The van der Waals surface area contributed by atoms with Crippen LogP contribution >= 0.6 is 22.9 Å². The summed E-state index contributed by atoms with van der Waals surface area (Å²) in [5.74, 6) is 0.556. The van der Waals surface area contributed by atoms with Crippen molar-refractivity contribution in [2.45, 2.75) is 13.5 Å². The van der Waals surface area contributed by atoms with Gasteiger partial charge in [-0.25, -0.2) is 9.97 Å². The van der Waals surface area contributed by atoms with Gasteiger partial charge in [0.05, 0.1) is 6.54 Å². The number of hydrogen-bond acceptors (Lipinski definition) is 4. The zero-order valence-electron chi connectivity index (χ0n) is 7.98. The predicted octanol–water partition coefficient (Wildman–Crippen LogP) is 1.71. The summed E-state index contributed by atoms with van der Waals surface area (Å²) in [6.45, 7) is 2.21. The van der Waals surface area contributed by atoms with Crippen LogP contribution in [0.15, 0.2) is 22.4 Å². The molecule has 6 heteroatoms. The molecule has 0 atom stereocenters. The third kappa shape index (κ3) is 2.43. The zero-order chi connectivity index (χ0) is 10.8. The molecule has 15 heavy (non-hydrogen) atoms. The number of thiazole rings is 1. The molecule has 0 fully saturated rings. The second-order valence-electron chi connectivity index (χ2n) is 3.05. The Labute approximate surface area is 95.2 Å².